The number of rotatable bonds is 8. The molecule has 0 atom stereocenters. The van der Waals surface area contributed by atoms with Crippen LogP contribution in [-0.2, 0) is 11.2 Å². The Morgan fingerprint density at radius 1 is 1.25 bits per heavy atom. The highest BCUT2D eigenvalue weighted by Gasteiger charge is 2.25. The van der Waals surface area contributed by atoms with Gasteiger partial charge in [0.2, 0.25) is 5.91 Å². The van der Waals surface area contributed by atoms with Crippen molar-refractivity contribution >= 4 is 17.4 Å². The summed E-state index contributed by atoms with van der Waals surface area (Å²) in [4.78, 5) is 36.4. The van der Waals surface area contributed by atoms with E-state index in [1.54, 1.807) is 12.1 Å². The van der Waals surface area contributed by atoms with Crippen molar-refractivity contribution in [3.63, 3.8) is 0 Å². The van der Waals surface area contributed by atoms with Gasteiger partial charge in [-0.1, -0.05) is 6.92 Å². The van der Waals surface area contributed by atoms with Crippen molar-refractivity contribution in [2.75, 3.05) is 31.6 Å². The number of aromatic nitrogens is 2. The SMILES string of the molecule is CCc1cc(N2CCC(N(C)CC(=O)NC(C)C)CC2)nc(-c2ccc([N+](=O)[O-])cc2)n1. The van der Waals surface area contributed by atoms with Gasteiger partial charge in [-0.2, -0.15) is 0 Å². The quantitative estimate of drug-likeness (QED) is 0.497. The lowest BCUT2D eigenvalue weighted by Gasteiger charge is -2.37. The van der Waals surface area contributed by atoms with E-state index in [4.69, 9.17) is 4.98 Å². The second kappa shape index (κ2) is 10.5. The highest BCUT2D eigenvalue weighted by molar-refractivity contribution is 5.78. The lowest BCUT2D eigenvalue weighted by Crippen LogP contribution is -2.47. The van der Waals surface area contributed by atoms with Crippen LogP contribution in [0.15, 0.2) is 30.3 Å². The van der Waals surface area contributed by atoms with E-state index >= 15 is 0 Å². The largest absolute Gasteiger partial charge is 0.356 e. The Morgan fingerprint density at radius 2 is 1.91 bits per heavy atom. The highest BCUT2D eigenvalue weighted by atomic mass is 16.6. The summed E-state index contributed by atoms with van der Waals surface area (Å²) in [6, 6.07) is 8.87. The van der Waals surface area contributed by atoms with Gasteiger partial charge in [-0.05, 0) is 52.3 Å². The average molecular weight is 441 g/mol. The second-order valence-corrected chi connectivity index (χ2v) is 8.55. The van der Waals surface area contributed by atoms with E-state index in [-0.39, 0.29) is 17.6 Å². The molecule has 32 heavy (non-hydrogen) atoms. The average Bonchev–Trinajstić information content (AvgIpc) is 2.78. The molecule has 1 amide bonds. The number of nitrogens with one attached hydrogen (secondary N) is 1. The van der Waals surface area contributed by atoms with Crippen molar-refractivity contribution in [1.29, 1.82) is 0 Å². The van der Waals surface area contributed by atoms with E-state index in [1.807, 2.05) is 27.0 Å². The van der Waals surface area contributed by atoms with Crippen LogP contribution in [0.1, 0.15) is 39.3 Å². The highest BCUT2D eigenvalue weighted by Crippen LogP contribution is 2.25. The normalized spacial score (nSPS) is 14.8. The van der Waals surface area contributed by atoms with Crippen LogP contribution in [0.2, 0.25) is 0 Å². The van der Waals surface area contributed by atoms with Gasteiger partial charge in [0.1, 0.15) is 5.82 Å². The molecule has 1 aliphatic rings. The van der Waals surface area contributed by atoms with E-state index in [0.717, 1.165) is 49.4 Å². The molecule has 1 aliphatic heterocycles. The van der Waals surface area contributed by atoms with Crippen LogP contribution in [0.4, 0.5) is 11.5 Å². The minimum Gasteiger partial charge on any atom is -0.356 e. The zero-order valence-corrected chi connectivity index (χ0v) is 19.2. The summed E-state index contributed by atoms with van der Waals surface area (Å²) in [5.74, 6) is 1.52. The lowest BCUT2D eigenvalue weighted by molar-refractivity contribution is -0.384. The third kappa shape index (κ3) is 6.00. The summed E-state index contributed by atoms with van der Waals surface area (Å²) >= 11 is 0. The van der Waals surface area contributed by atoms with Crippen molar-refractivity contribution in [2.45, 2.75) is 52.1 Å². The third-order valence-electron chi connectivity index (χ3n) is 5.72. The Labute approximate surface area is 189 Å². The van der Waals surface area contributed by atoms with Gasteiger partial charge in [-0.25, -0.2) is 9.97 Å². The van der Waals surface area contributed by atoms with Crippen LogP contribution in [0.3, 0.4) is 0 Å². The number of amides is 1. The summed E-state index contributed by atoms with van der Waals surface area (Å²) in [6.07, 6.45) is 2.67. The first-order chi connectivity index (χ1) is 15.3. The summed E-state index contributed by atoms with van der Waals surface area (Å²) in [5.41, 5.74) is 1.75. The molecule has 1 saturated heterocycles. The number of nitro benzene ring substituents is 1. The van der Waals surface area contributed by atoms with Gasteiger partial charge >= 0.3 is 0 Å². The van der Waals surface area contributed by atoms with Crippen molar-refractivity contribution < 1.29 is 9.72 Å². The molecule has 0 saturated carbocycles. The monoisotopic (exact) mass is 440 g/mol. The summed E-state index contributed by atoms with van der Waals surface area (Å²) in [7, 11) is 2.01. The molecule has 9 heteroatoms. The van der Waals surface area contributed by atoms with Crippen LogP contribution in [0.25, 0.3) is 11.4 Å². The van der Waals surface area contributed by atoms with E-state index < -0.39 is 4.92 Å². The predicted octanol–water partition coefficient (Wildman–Crippen LogP) is 3.04. The molecule has 3 rings (SSSR count). The Kier molecular flexibility index (Phi) is 7.74. The standard InChI is InChI=1S/C23H32N6O3/c1-5-18-14-21(26-23(25-18)17-6-8-20(9-7-17)29(31)32)28-12-10-19(11-13-28)27(4)15-22(30)24-16(2)3/h6-9,14,16,19H,5,10-13,15H2,1-4H3,(H,24,30). The number of nitrogens with zero attached hydrogens (tertiary/aromatic N) is 5. The number of hydrogen-bond acceptors (Lipinski definition) is 7. The zero-order valence-electron chi connectivity index (χ0n) is 19.2. The van der Waals surface area contributed by atoms with Crippen LogP contribution < -0.4 is 10.2 Å². The van der Waals surface area contributed by atoms with Crippen LogP contribution in [0, 0.1) is 10.1 Å². The molecule has 2 aromatic rings. The molecule has 0 aliphatic carbocycles. The van der Waals surface area contributed by atoms with Crippen molar-refractivity contribution in [1.82, 2.24) is 20.2 Å². The summed E-state index contributed by atoms with van der Waals surface area (Å²) < 4.78 is 0. The maximum absolute atomic E-state index is 12.1. The number of piperidine rings is 1. The topological polar surface area (TPSA) is 104 Å². The smallest absolute Gasteiger partial charge is 0.269 e. The van der Waals surface area contributed by atoms with Crippen LogP contribution >= 0.6 is 0 Å². The zero-order chi connectivity index (χ0) is 23.3. The number of non-ortho nitro benzene ring substituents is 1. The van der Waals surface area contributed by atoms with Crippen molar-refractivity contribution in [3.8, 4) is 11.4 Å². The van der Waals surface area contributed by atoms with Gasteiger partial charge < -0.3 is 10.2 Å². The minimum absolute atomic E-state index is 0.0499. The Bertz CT molecular complexity index is 939. The predicted molar refractivity (Wildman–Crippen MR) is 125 cm³/mol. The molecule has 0 spiro atoms. The minimum atomic E-state index is -0.411. The molecular weight excluding hydrogens is 408 g/mol. The lowest BCUT2D eigenvalue weighted by atomic mass is 10.0. The van der Waals surface area contributed by atoms with Gasteiger partial charge in [-0.3, -0.25) is 19.8 Å². The Hall–Kier alpha value is -3.07. The molecule has 1 fully saturated rings. The molecule has 172 valence electrons. The number of nitro groups is 1. The first-order valence-corrected chi connectivity index (χ1v) is 11.1. The summed E-state index contributed by atoms with van der Waals surface area (Å²) in [6.45, 7) is 8.08. The maximum Gasteiger partial charge on any atom is 0.269 e. The fraction of sp³-hybridized carbons (Fsp3) is 0.522. The van der Waals surface area contributed by atoms with Gasteiger partial charge in [0, 0.05) is 54.6 Å². The Morgan fingerprint density at radius 3 is 2.47 bits per heavy atom. The van der Waals surface area contributed by atoms with Crippen LogP contribution in [0.5, 0.6) is 0 Å². The molecule has 1 N–H and O–H groups in total. The third-order valence-corrected chi connectivity index (χ3v) is 5.72. The fourth-order valence-corrected chi connectivity index (χ4v) is 3.95. The number of benzene rings is 1. The number of hydrogen-bond donors (Lipinski definition) is 1. The molecule has 9 nitrogen and oxygen atoms in total. The molecule has 1 aromatic heterocycles. The number of anilines is 1. The van der Waals surface area contributed by atoms with Crippen molar-refractivity contribution in [2.24, 2.45) is 0 Å². The fourth-order valence-electron chi connectivity index (χ4n) is 3.95. The first kappa shape index (κ1) is 23.6. The van der Waals surface area contributed by atoms with Gasteiger partial charge in [0.15, 0.2) is 5.82 Å². The van der Waals surface area contributed by atoms with E-state index in [2.05, 4.69) is 27.0 Å². The van der Waals surface area contributed by atoms with Crippen LogP contribution in [-0.4, -0.2) is 64.5 Å². The number of carbonyl (C=O) groups is 1. The molecular formula is C23H32N6O3. The first-order valence-electron chi connectivity index (χ1n) is 11.1. The van der Waals surface area contributed by atoms with Crippen molar-refractivity contribution in [3.05, 3.63) is 46.1 Å². The molecule has 0 radical (unpaired) electrons. The van der Waals surface area contributed by atoms with Gasteiger partial charge in [-0.15, -0.1) is 0 Å². The van der Waals surface area contributed by atoms with E-state index in [1.165, 1.54) is 12.1 Å². The van der Waals surface area contributed by atoms with Gasteiger partial charge in [0.25, 0.3) is 5.69 Å². The van der Waals surface area contributed by atoms with E-state index in [0.29, 0.717) is 18.4 Å². The molecule has 1 aromatic carbocycles. The van der Waals surface area contributed by atoms with E-state index in [9.17, 15) is 14.9 Å². The number of carbonyl (C=O) groups excluding carboxylic acids is 1. The van der Waals surface area contributed by atoms with Gasteiger partial charge in [0.05, 0.1) is 11.5 Å². The number of aryl methyl sites for hydroxylation is 1. The summed E-state index contributed by atoms with van der Waals surface area (Å²) in [5, 5.41) is 13.9. The second-order valence-electron chi connectivity index (χ2n) is 8.55. The molecule has 0 bridgehead atoms. The molecule has 2 heterocycles. The maximum atomic E-state index is 12.1. The number of likely N-dealkylation sites (N-methyl/N-ethyl adjacent to an activating group) is 1. The molecule has 0 unspecified atom stereocenters. The Balaban J connectivity index is 1.69.